The fourth-order valence-corrected chi connectivity index (χ4v) is 3.75. The molecule has 7 heteroatoms. The Hall–Kier alpha value is -2.67. The Morgan fingerprint density at radius 2 is 2.04 bits per heavy atom. The first kappa shape index (κ1) is 16.8. The molecule has 0 radical (unpaired) electrons. The Balaban J connectivity index is 1.55. The Kier molecular flexibility index (Phi) is 4.24. The molecule has 2 aromatic rings. The van der Waals surface area contributed by atoms with Crippen molar-refractivity contribution in [3.63, 3.8) is 0 Å². The van der Waals surface area contributed by atoms with E-state index in [1.807, 2.05) is 30.3 Å². The second-order valence-electron chi connectivity index (χ2n) is 7.05. The van der Waals surface area contributed by atoms with Crippen molar-refractivity contribution in [2.45, 2.75) is 13.3 Å². The molecule has 26 heavy (non-hydrogen) atoms. The lowest BCUT2D eigenvalue weighted by Crippen LogP contribution is -2.43. The number of carbonyl (C=O) groups excluding carboxylic acids is 2. The summed E-state index contributed by atoms with van der Waals surface area (Å²) in [7, 11) is 0. The SMILES string of the molecule is Cc1ncoc1C(=O)N1CCC2(COCC(=O)N(c3ccccc3)C2)C1. The molecule has 0 bridgehead atoms. The van der Waals surface area contributed by atoms with Crippen LogP contribution < -0.4 is 4.90 Å². The van der Waals surface area contributed by atoms with Crippen LogP contribution in [-0.2, 0) is 9.53 Å². The Morgan fingerprint density at radius 1 is 1.23 bits per heavy atom. The van der Waals surface area contributed by atoms with E-state index in [1.165, 1.54) is 6.39 Å². The minimum Gasteiger partial charge on any atom is -0.438 e. The van der Waals surface area contributed by atoms with E-state index in [4.69, 9.17) is 9.15 Å². The summed E-state index contributed by atoms with van der Waals surface area (Å²) in [6.45, 7) is 3.96. The molecule has 4 rings (SSSR count). The highest BCUT2D eigenvalue weighted by atomic mass is 16.5. The molecule has 1 spiro atoms. The summed E-state index contributed by atoms with van der Waals surface area (Å²) in [4.78, 5) is 32.8. The monoisotopic (exact) mass is 355 g/mol. The summed E-state index contributed by atoms with van der Waals surface area (Å²) in [5, 5.41) is 0. The van der Waals surface area contributed by atoms with Crippen molar-refractivity contribution >= 4 is 17.5 Å². The van der Waals surface area contributed by atoms with Crippen LogP contribution in [0.2, 0.25) is 0 Å². The number of hydrogen-bond acceptors (Lipinski definition) is 5. The molecule has 3 heterocycles. The summed E-state index contributed by atoms with van der Waals surface area (Å²) in [6.07, 6.45) is 2.07. The molecular formula is C19H21N3O4. The normalized spacial score (nSPS) is 23.5. The summed E-state index contributed by atoms with van der Waals surface area (Å²) < 4.78 is 10.9. The summed E-state index contributed by atoms with van der Waals surface area (Å²) in [5.41, 5.74) is 1.18. The molecule has 2 fully saturated rings. The number of ether oxygens (including phenoxy) is 1. The molecule has 0 N–H and O–H groups in total. The van der Waals surface area contributed by atoms with Crippen molar-refractivity contribution in [1.82, 2.24) is 9.88 Å². The zero-order valence-electron chi connectivity index (χ0n) is 14.7. The number of amides is 2. The standard InChI is InChI=1S/C19H21N3O4/c1-14-17(26-13-20-14)18(24)21-8-7-19(10-21)11-22(16(23)9-25-12-19)15-5-3-2-4-6-15/h2-6,13H,7-12H2,1H3. The van der Waals surface area contributed by atoms with Crippen LogP contribution in [0.25, 0.3) is 0 Å². The van der Waals surface area contributed by atoms with Gasteiger partial charge in [0.15, 0.2) is 6.39 Å². The molecule has 2 amide bonds. The van der Waals surface area contributed by atoms with Gasteiger partial charge in [0, 0.05) is 30.7 Å². The number of likely N-dealkylation sites (tertiary alicyclic amines) is 1. The third kappa shape index (κ3) is 2.99. The van der Waals surface area contributed by atoms with Crippen LogP contribution in [0.3, 0.4) is 0 Å². The molecule has 1 atom stereocenters. The van der Waals surface area contributed by atoms with Crippen LogP contribution in [0.15, 0.2) is 41.1 Å². The number of carbonyl (C=O) groups is 2. The van der Waals surface area contributed by atoms with Crippen molar-refractivity contribution < 1.29 is 18.7 Å². The summed E-state index contributed by atoms with van der Waals surface area (Å²) in [5.74, 6) is 0.0789. The molecule has 2 aliphatic rings. The van der Waals surface area contributed by atoms with Crippen LogP contribution >= 0.6 is 0 Å². The van der Waals surface area contributed by atoms with E-state index < -0.39 is 0 Å². The van der Waals surface area contributed by atoms with Gasteiger partial charge in [-0.25, -0.2) is 4.98 Å². The third-order valence-corrected chi connectivity index (χ3v) is 5.16. The molecular weight excluding hydrogens is 334 g/mol. The minimum absolute atomic E-state index is 0.0519. The topological polar surface area (TPSA) is 75.9 Å². The fraction of sp³-hybridized carbons (Fsp3) is 0.421. The van der Waals surface area contributed by atoms with E-state index in [0.717, 1.165) is 12.1 Å². The second kappa shape index (κ2) is 6.57. The predicted molar refractivity (Wildman–Crippen MR) is 93.8 cm³/mol. The third-order valence-electron chi connectivity index (χ3n) is 5.16. The smallest absolute Gasteiger partial charge is 0.291 e. The maximum atomic E-state index is 12.7. The highest BCUT2D eigenvalue weighted by Crippen LogP contribution is 2.36. The van der Waals surface area contributed by atoms with Crippen molar-refractivity contribution in [3.05, 3.63) is 48.2 Å². The lowest BCUT2D eigenvalue weighted by atomic mass is 9.87. The van der Waals surface area contributed by atoms with Gasteiger partial charge in [-0.15, -0.1) is 0 Å². The summed E-state index contributed by atoms with van der Waals surface area (Å²) in [6, 6.07) is 9.60. The maximum Gasteiger partial charge on any atom is 0.291 e. The van der Waals surface area contributed by atoms with Gasteiger partial charge < -0.3 is 19.0 Å². The minimum atomic E-state index is -0.272. The zero-order chi connectivity index (χ0) is 18.1. The summed E-state index contributed by atoms with van der Waals surface area (Å²) >= 11 is 0. The zero-order valence-corrected chi connectivity index (χ0v) is 14.7. The molecule has 2 saturated heterocycles. The lowest BCUT2D eigenvalue weighted by molar-refractivity contribution is -0.122. The van der Waals surface area contributed by atoms with Crippen LogP contribution in [0.5, 0.6) is 0 Å². The van der Waals surface area contributed by atoms with Crippen LogP contribution in [-0.4, -0.2) is 54.5 Å². The number of oxazole rings is 1. The Labute approximate surface area is 151 Å². The lowest BCUT2D eigenvalue weighted by Gasteiger charge is -2.31. The highest BCUT2D eigenvalue weighted by molar-refractivity contribution is 5.95. The maximum absolute atomic E-state index is 12.7. The van der Waals surface area contributed by atoms with Crippen molar-refractivity contribution in [3.8, 4) is 0 Å². The molecule has 1 unspecified atom stereocenters. The number of benzene rings is 1. The number of hydrogen-bond donors (Lipinski definition) is 0. The molecule has 1 aromatic heterocycles. The first-order chi connectivity index (χ1) is 12.6. The van der Waals surface area contributed by atoms with E-state index in [-0.39, 0.29) is 29.6 Å². The number of rotatable bonds is 2. The van der Waals surface area contributed by atoms with Gasteiger partial charge in [0.1, 0.15) is 6.61 Å². The Bertz CT molecular complexity index is 819. The van der Waals surface area contributed by atoms with E-state index in [1.54, 1.807) is 16.7 Å². The first-order valence-electron chi connectivity index (χ1n) is 8.71. The average Bonchev–Trinajstić information content (AvgIpc) is 3.22. The largest absolute Gasteiger partial charge is 0.438 e. The van der Waals surface area contributed by atoms with E-state index in [0.29, 0.717) is 31.9 Å². The number of para-hydroxylation sites is 1. The Morgan fingerprint density at radius 3 is 2.77 bits per heavy atom. The molecule has 7 nitrogen and oxygen atoms in total. The predicted octanol–water partition coefficient (Wildman–Crippen LogP) is 1.88. The van der Waals surface area contributed by atoms with E-state index in [9.17, 15) is 9.59 Å². The highest BCUT2D eigenvalue weighted by Gasteiger charge is 2.45. The number of nitrogens with zero attached hydrogens (tertiary/aromatic N) is 3. The second-order valence-corrected chi connectivity index (χ2v) is 7.05. The quantitative estimate of drug-likeness (QED) is 0.822. The van der Waals surface area contributed by atoms with Crippen molar-refractivity contribution in [1.29, 1.82) is 0 Å². The number of aromatic nitrogens is 1. The van der Waals surface area contributed by atoms with Gasteiger partial charge in [0.05, 0.1) is 12.3 Å². The van der Waals surface area contributed by atoms with Gasteiger partial charge in [-0.2, -0.15) is 0 Å². The first-order valence-corrected chi connectivity index (χ1v) is 8.71. The van der Waals surface area contributed by atoms with Crippen LogP contribution in [0.1, 0.15) is 22.7 Å². The molecule has 1 aromatic carbocycles. The molecule has 0 aliphatic carbocycles. The van der Waals surface area contributed by atoms with Gasteiger partial charge in [0.25, 0.3) is 11.8 Å². The van der Waals surface area contributed by atoms with Crippen LogP contribution in [0, 0.1) is 12.3 Å². The van der Waals surface area contributed by atoms with Crippen molar-refractivity contribution in [2.24, 2.45) is 5.41 Å². The average molecular weight is 355 g/mol. The van der Waals surface area contributed by atoms with Gasteiger partial charge in [-0.1, -0.05) is 18.2 Å². The molecule has 0 saturated carbocycles. The van der Waals surface area contributed by atoms with Gasteiger partial charge in [-0.3, -0.25) is 9.59 Å². The number of anilines is 1. The van der Waals surface area contributed by atoms with E-state index in [2.05, 4.69) is 4.98 Å². The van der Waals surface area contributed by atoms with E-state index >= 15 is 0 Å². The number of aryl methyl sites for hydroxylation is 1. The van der Waals surface area contributed by atoms with Crippen LogP contribution in [0.4, 0.5) is 5.69 Å². The van der Waals surface area contributed by atoms with Gasteiger partial charge in [-0.05, 0) is 25.5 Å². The molecule has 2 aliphatic heterocycles. The van der Waals surface area contributed by atoms with Gasteiger partial charge in [0.2, 0.25) is 5.76 Å². The fourth-order valence-electron chi connectivity index (χ4n) is 3.75. The van der Waals surface area contributed by atoms with Gasteiger partial charge >= 0.3 is 0 Å². The van der Waals surface area contributed by atoms with Crippen molar-refractivity contribution in [2.75, 3.05) is 37.7 Å². The molecule has 136 valence electrons.